The van der Waals surface area contributed by atoms with Crippen molar-refractivity contribution in [1.82, 2.24) is 15.0 Å². The lowest BCUT2D eigenvalue weighted by Gasteiger charge is -2.28. The van der Waals surface area contributed by atoms with Gasteiger partial charge in [0, 0.05) is 12.1 Å². The summed E-state index contributed by atoms with van der Waals surface area (Å²) in [5.74, 6) is 0.778. The van der Waals surface area contributed by atoms with Gasteiger partial charge in [-0.2, -0.15) is 0 Å². The van der Waals surface area contributed by atoms with Gasteiger partial charge in [-0.3, -0.25) is 4.98 Å². The maximum absolute atomic E-state index is 4.84. The fourth-order valence-corrected chi connectivity index (χ4v) is 2.99. The van der Waals surface area contributed by atoms with Crippen molar-refractivity contribution in [3.8, 4) is 11.4 Å². The third-order valence-electron chi connectivity index (χ3n) is 4.33. The summed E-state index contributed by atoms with van der Waals surface area (Å²) in [6, 6.07) is 12.2. The SMILES string of the molecule is CC1c2cccnc2-c2nc3ccccc3nc2C1C. The first-order chi connectivity index (χ1) is 9.75. The predicted octanol–water partition coefficient (Wildman–Crippen LogP) is 3.91. The van der Waals surface area contributed by atoms with E-state index < -0.39 is 0 Å². The molecule has 0 saturated heterocycles. The highest BCUT2D eigenvalue weighted by molar-refractivity contribution is 5.79. The molecule has 20 heavy (non-hydrogen) atoms. The van der Waals surface area contributed by atoms with Crippen molar-refractivity contribution in [1.29, 1.82) is 0 Å². The lowest BCUT2D eigenvalue weighted by Crippen LogP contribution is -2.17. The highest BCUT2D eigenvalue weighted by atomic mass is 14.9. The minimum Gasteiger partial charge on any atom is -0.254 e. The van der Waals surface area contributed by atoms with Gasteiger partial charge in [-0.1, -0.05) is 32.0 Å². The Labute approximate surface area is 117 Å². The van der Waals surface area contributed by atoms with Crippen LogP contribution in [-0.2, 0) is 0 Å². The van der Waals surface area contributed by atoms with Gasteiger partial charge in [-0.15, -0.1) is 0 Å². The molecular weight excluding hydrogens is 246 g/mol. The summed E-state index contributed by atoms with van der Waals surface area (Å²) in [6.07, 6.45) is 1.84. The number of para-hydroxylation sites is 2. The van der Waals surface area contributed by atoms with Crippen molar-refractivity contribution in [2.24, 2.45) is 0 Å². The van der Waals surface area contributed by atoms with Crippen molar-refractivity contribution in [2.45, 2.75) is 25.7 Å². The highest BCUT2D eigenvalue weighted by Gasteiger charge is 2.31. The summed E-state index contributed by atoms with van der Waals surface area (Å²) in [5, 5.41) is 0. The van der Waals surface area contributed by atoms with Crippen LogP contribution in [0.2, 0.25) is 0 Å². The van der Waals surface area contributed by atoms with E-state index in [2.05, 4.69) is 24.9 Å². The number of pyridine rings is 1. The van der Waals surface area contributed by atoms with Crippen LogP contribution in [0.5, 0.6) is 0 Å². The fraction of sp³-hybridized carbons (Fsp3) is 0.235. The molecular formula is C17H15N3. The molecule has 1 aliphatic rings. The Bertz CT molecular complexity index is 810. The van der Waals surface area contributed by atoms with Gasteiger partial charge in [0.2, 0.25) is 0 Å². The van der Waals surface area contributed by atoms with Crippen LogP contribution in [0.4, 0.5) is 0 Å². The first kappa shape index (κ1) is 11.5. The smallest absolute Gasteiger partial charge is 0.111 e. The van der Waals surface area contributed by atoms with Crippen molar-refractivity contribution in [3.05, 3.63) is 53.9 Å². The molecule has 3 heteroatoms. The molecule has 2 heterocycles. The summed E-state index contributed by atoms with van der Waals surface area (Å²) in [4.78, 5) is 14.2. The number of rotatable bonds is 0. The van der Waals surface area contributed by atoms with E-state index in [-0.39, 0.29) is 0 Å². The predicted molar refractivity (Wildman–Crippen MR) is 79.6 cm³/mol. The van der Waals surface area contributed by atoms with Gasteiger partial charge in [0.1, 0.15) is 5.69 Å². The minimum absolute atomic E-state index is 0.360. The van der Waals surface area contributed by atoms with Crippen LogP contribution in [0, 0.1) is 0 Å². The normalized spacial score (nSPS) is 20.5. The average Bonchev–Trinajstić information content (AvgIpc) is 2.51. The highest BCUT2D eigenvalue weighted by Crippen LogP contribution is 2.44. The largest absolute Gasteiger partial charge is 0.254 e. The molecule has 0 amide bonds. The number of benzene rings is 1. The van der Waals surface area contributed by atoms with Gasteiger partial charge in [-0.05, 0) is 29.7 Å². The molecule has 0 radical (unpaired) electrons. The second-order valence-corrected chi connectivity index (χ2v) is 5.46. The molecule has 2 unspecified atom stereocenters. The second-order valence-electron chi connectivity index (χ2n) is 5.46. The van der Waals surface area contributed by atoms with Gasteiger partial charge < -0.3 is 0 Å². The zero-order chi connectivity index (χ0) is 13.7. The van der Waals surface area contributed by atoms with E-state index in [0.717, 1.165) is 28.1 Å². The van der Waals surface area contributed by atoms with Crippen LogP contribution in [0.3, 0.4) is 0 Å². The summed E-state index contributed by atoms with van der Waals surface area (Å²) in [5.41, 5.74) is 6.19. The number of nitrogens with zero attached hydrogens (tertiary/aromatic N) is 3. The molecule has 0 fully saturated rings. The lowest BCUT2D eigenvalue weighted by molar-refractivity contribution is 0.596. The molecule has 1 aromatic carbocycles. The Kier molecular flexibility index (Phi) is 2.36. The van der Waals surface area contributed by atoms with Crippen LogP contribution < -0.4 is 0 Å². The second kappa shape index (κ2) is 4.10. The Hall–Kier alpha value is -2.29. The van der Waals surface area contributed by atoms with Gasteiger partial charge >= 0.3 is 0 Å². The summed E-state index contributed by atoms with van der Waals surface area (Å²) < 4.78 is 0. The van der Waals surface area contributed by atoms with Gasteiger partial charge in [0.15, 0.2) is 0 Å². The van der Waals surface area contributed by atoms with E-state index in [0.29, 0.717) is 11.8 Å². The number of aromatic nitrogens is 3. The van der Waals surface area contributed by atoms with E-state index >= 15 is 0 Å². The first-order valence-corrected chi connectivity index (χ1v) is 6.97. The lowest BCUT2D eigenvalue weighted by atomic mass is 9.79. The molecule has 98 valence electrons. The molecule has 3 nitrogen and oxygen atoms in total. The van der Waals surface area contributed by atoms with Crippen LogP contribution in [0.15, 0.2) is 42.6 Å². The molecule has 0 spiro atoms. The van der Waals surface area contributed by atoms with Crippen molar-refractivity contribution in [2.75, 3.05) is 0 Å². The Morgan fingerprint density at radius 2 is 1.55 bits per heavy atom. The third kappa shape index (κ3) is 1.49. The molecule has 2 aromatic heterocycles. The van der Waals surface area contributed by atoms with E-state index in [1.807, 2.05) is 36.5 Å². The van der Waals surface area contributed by atoms with Crippen molar-refractivity contribution < 1.29 is 0 Å². The monoisotopic (exact) mass is 261 g/mol. The van der Waals surface area contributed by atoms with E-state index in [4.69, 9.17) is 9.97 Å². The Morgan fingerprint density at radius 1 is 0.800 bits per heavy atom. The van der Waals surface area contributed by atoms with E-state index in [1.165, 1.54) is 5.56 Å². The third-order valence-corrected chi connectivity index (χ3v) is 4.33. The van der Waals surface area contributed by atoms with Crippen molar-refractivity contribution >= 4 is 11.0 Å². The summed E-state index contributed by atoms with van der Waals surface area (Å²) in [7, 11) is 0. The average molecular weight is 261 g/mol. The molecule has 4 rings (SSSR count). The maximum atomic E-state index is 4.84. The molecule has 0 aliphatic heterocycles. The van der Waals surface area contributed by atoms with Crippen LogP contribution in [0.25, 0.3) is 22.4 Å². The van der Waals surface area contributed by atoms with Gasteiger partial charge in [0.05, 0.1) is 22.4 Å². The molecule has 1 aliphatic carbocycles. The molecule has 2 atom stereocenters. The number of fused-ring (bicyclic) bond motifs is 4. The molecule has 0 bridgehead atoms. The maximum Gasteiger partial charge on any atom is 0.111 e. The fourth-order valence-electron chi connectivity index (χ4n) is 2.99. The van der Waals surface area contributed by atoms with Crippen molar-refractivity contribution in [3.63, 3.8) is 0 Å². The summed E-state index contributed by atoms with van der Waals surface area (Å²) >= 11 is 0. The van der Waals surface area contributed by atoms with Gasteiger partial charge in [0.25, 0.3) is 0 Å². The number of hydrogen-bond donors (Lipinski definition) is 0. The van der Waals surface area contributed by atoms with Crippen LogP contribution in [0.1, 0.15) is 36.9 Å². The Morgan fingerprint density at radius 3 is 2.35 bits per heavy atom. The summed E-state index contributed by atoms with van der Waals surface area (Å²) in [6.45, 7) is 4.47. The number of hydrogen-bond acceptors (Lipinski definition) is 3. The quantitative estimate of drug-likeness (QED) is 0.615. The van der Waals surface area contributed by atoms with Crippen LogP contribution in [-0.4, -0.2) is 15.0 Å². The Balaban J connectivity index is 2.09. The topological polar surface area (TPSA) is 38.7 Å². The van der Waals surface area contributed by atoms with E-state index in [9.17, 15) is 0 Å². The van der Waals surface area contributed by atoms with E-state index in [1.54, 1.807) is 0 Å². The first-order valence-electron chi connectivity index (χ1n) is 6.97. The molecule has 3 aromatic rings. The zero-order valence-electron chi connectivity index (χ0n) is 11.5. The standard InChI is InChI=1S/C17H15N3/c1-10-11(2)15-17(16-12(10)6-5-9-18-16)20-14-8-4-3-7-13(14)19-15/h3-11H,1-2H3. The zero-order valence-corrected chi connectivity index (χ0v) is 11.5. The molecule has 0 N–H and O–H groups in total. The molecule has 0 saturated carbocycles. The van der Waals surface area contributed by atoms with Gasteiger partial charge in [-0.25, -0.2) is 9.97 Å². The van der Waals surface area contributed by atoms with Crippen LogP contribution >= 0.6 is 0 Å². The minimum atomic E-state index is 0.360.